The molecule has 0 radical (unpaired) electrons. The van der Waals surface area contributed by atoms with Gasteiger partial charge in [0.1, 0.15) is 5.75 Å². The molecule has 0 aromatic heterocycles. The van der Waals surface area contributed by atoms with Crippen LogP contribution in [0.2, 0.25) is 0 Å². The van der Waals surface area contributed by atoms with E-state index in [1.165, 1.54) is 0 Å². The molecule has 0 spiro atoms. The number of hydrogen-bond acceptors (Lipinski definition) is 4. The molecule has 2 rings (SSSR count). The largest absolute Gasteiger partial charge is 0.494 e. The van der Waals surface area contributed by atoms with Gasteiger partial charge >= 0.3 is 0 Å². The molecule has 154 valence electrons. The van der Waals surface area contributed by atoms with Gasteiger partial charge in [0.05, 0.1) is 6.61 Å². The molecule has 6 nitrogen and oxygen atoms in total. The summed E-state index contributed by atoms with van der Waals surface area (Å²) in [5.41, 5.74) is 6.91. The average molecular weight is 414 g/mol. The van der Waals surface area contributed by atoms with Gasteiger partial charge in [-0.15, -0.1) is 0 Å². The molecule has 0 fully saturated rings. The molecule has 0 saturated carbocycles. The van der Waals surface area contributed by atoms with Crippen molar-refractivity contribution in [1.82, 2.24) is 10.2 Å². The highest BCUT2D eigenvalue weighted by Gasteiger charge is 2.15. The Hall–Kier alpha value is -2.93. The Morgan fingerprint density at radius 2 is 1.76 bits per heavy atom. The van der Waals surface area contributed by atoms with Crippen LogP contribution in [0, 0.1) is 0 Å². The first kappa shape index (κ1) is 22.4. The van der Waals surface area contributed by atoms with E-state index in [1.54, 1.807) is 29.2 Å². The smallest absolute Gasteiger partial charge is 0.257 e. The molecule has 2 aromatic carbocycles. The molecular formula is C22H27N3O3S. The second-order valence-electron chi connectivity index (χ2n) is 6.57. The summed E-state index contributed by atoms with van der Waals surface area (Å²) < 4.78 is 5.53. The Bertz CT molecular complexity index is 810. The van der Waals surface area contributed by atoms with Crippen molar-refractivity contribution in [3.8, 4) is 5.75 Å². The van der Waals surface area contributed by atoms with Crippen LogP contribution in [0.1, 0.15) is 35.7 Å². The summed E-state index contributed by atoms with van der Waals surface area (Å²) in [5, 5.41) is 3.02. The maximum absolute atomic E-state index is 12.5. The zero-order chi connectivity index (χ0) is 21.1. The number of hydrogen-bond donors (Lipinski definition) is 2. The second kappa shape index (κ2) is 11.8. The Labute approximate surface area is 177 Å². The average Bonchev–Trinajstić information content (AvgIpc) is 2.73. The molecule has 0 aliphatic carbocycles. The summed E-state index contributed by atoms with van der Waals surface area (Å²) >= 11 is 5.42. The summed E-state index contributed by atoms with van der Waals surface area (Å²) in [6.45, 7) is 3.59. The van der Waals surface area contributed by atoms with E-state index in [-0.39, 0.29) is 17.4 Å². The van der Waals surface area contributed by atoms with Gasteiger partial charge in [0.2, 0.25) is 5.91 Å². The quantitative estimate of drug-likeness (QED) is 0.585. The van der Waals surface area contributed by atoms with Crippen LogP contribution in [-0.4, -0.2) is 41.5 Å². The number of amides is 2. The third kappa shape index (κ3) is 7.91. The van der Waals surface area contributed by atoms with Gasteiger partial charge < -0.3 is 15.4 Å². The lowest BCUT2D eigenvalue weighted by Gasteiger charge is -2.25. The van der Waals surface area contributed by atoms with Gasteiger partial charge in [-0.25, -0.2) is 0 Å². The van der Waals surface area contributed by atoms with E-state index in [9.17, 15) is 9.59 Å². The van der Waals surface area contributed by atoms with Gasteiger partial charge in [0.15, 0.2) is 5.11 Å². The van der Waals surface area contributed by atoms with E-state index in [1.807, 2.05) is 37.3 Å². The first-order chi connectivity index (χ1) is 14.0. The molecule has 0 bridgehead atoms. The van der Waals surface area contributed by atoms with Gasteiger partial charge in [0.25, 0.3) is 5.91 Å². The summed E-state index contributed by atoms with van der Waals surface area (Å²) in [5.74, 6) is 0.00394. The number of nitrogens with one attached hydrogen (secondary N) is 1. The molecule has 0 aliphatic rings. The fourth-order valence-corrected chi connectivity index (χ4v) is 2.91. The van der Waals surface area contributed by atoms with Crippen molar-refractivity contribution in [3.05, 3.63) is 65.7 Å². The van der Waals surface area contributed by atoms with Crippen molar-refractivity contribution in [2.24, 2.45) is 5.73 Å². The van der Waals surface area contributed by atoms with Crippen molar-refractivity contribution >= 4 is 29.1 Å². The van der Waals surface area contributed by atoms with Crippen LogP contribution < -0.4 is 15.8 Å². The highest BCUT2D eigenvalue weighted by atomic mass is 32.1. The Morgan fingerprint density at radius 1 is 1.07 bits per heavy atom. The number of thiocarbonyl (C=S) groups is 1. The van der Waals surface area contributed by atoms with Crippen molar-refractivity contribution in [1.29, 1.82) is 0 Å². The van der Waals surface area contributed by atoms with Crippen LogP contribution in [0.15, 0.2) is 54.6 Å². The lowest BCUT2D eigenvalue weighted by molar-refractivity contribution is -0.118. The first-order valence-corrected chi connectivity index (χ1v) is 10.1. The van der Waals surface area contributed by atoms with Crippen LogP contribution in [0.25, 0.3) is 0 Å². The van der Waals surface area contributed by atoms with Crippen LogP contribution in [0.5, 0.6) is 5.75 Å². The summed E-state index contributed by atoms with van der Waals surface area (Å²) in [7, 11) is 0. The van der Waals surface area contributed by atoms with Gasteiger partial charge in [-0.3, -0.25) is 14.9 Å². The number of carbonyl (C=O) groups excluding carboxylic acids is 2. The number of ether oxygens (including phenoxy) is 1. The maximum atomic E-state index is 12.5. The first-order valence-electron chi connectivity index (χ1n) is 9.65. The molecule has 0 aliphatic heterocycles. The highest BCUT2D eigenvalue weighted by Crippen LogP contribution is 2.12. The number of primary amides is 1. The minimum absolute atomic E-state index is 0.161. The lowest BCUT2D eigenvalue weighted by Crippen LogP contribution is -2.44. The number of nitrogens with two attached hydrogens (primary N) is 1. The van der Waals surface area contributed by atoms with Gasteiger partial charge in [-0.2, -0.15) is 0 Å². The second-order valence-corrected chi connectivity index (χ2v) is 6.96. The fraction of sp³-hybridized carbons (Fsp3) is 0.318. The van der Waals surface area contributed by atoms with Crippen LogP contribution >= 0.6 is 12.2 Å². The molecule has 0 unspecified atom stereocenters. The molecule has 29 heavy (non-hydrogen) atoms. The van der Waals surface area contributed by atoms with Crippen LogP contribution in [-0.2, 0) is 11.2 Å². The Morgan fingerprint density at radius 3 is 2.38 bits per heavy atom. The minimum Gasteiger partial charge on any atom is -0.494 e. The highest BCUT2D eigenvalue weighted by molar-refractivity contribution is 7.80. The van der Waals surface area contributed by atoms with E-state index < -0.39 is 5.91 Å². The van der Waals surface area contributed by atoms with Gasteiger partial charge in [0, 0.05) is 25.1 Å². The lowest BCUT2D eigenvalue weighted by atomic mass is 10.1. The van der Waals surface area contributed by atoms with Gasteiger partial charge in [-0.1, -0.05) is 37.3 Å². The molecule has 0 heterocycles. The van der Waals surface area contributed by atoms with Crippen LogP contribution in [0.4, 0.5) is 0 Å². The van der Waals surface area contributed by atoms with E-state index in [0.29, 0.717) is 25.3 Å². The normalized spacial score (nSPS) is 10.2. The van der Waals surface area contributed by atoms with E-state index >= 15 is 0 Å². The zero-order valence-electron chi connectivity index (χ0n) is 16.6. The Kier molecular flexibility index (Phi) is 9.11. The van der Waals surface area contributed by atoms with Crippen LogP contribution in [0.3, 0.4) is 0 Å². The third-order valence-corrected chi connectivity index (χ3v) is 4.60. The SMILES string of the molecule is CCCOc1ccc(C(=O)NC(=S)N(CCC(N)=O)CCc2ccccc2)cc1. The van der Waals surface area contributed by atoms with Crippen molar-refractivity contribution < 1.29 is 14.3 Å². The molecule has 2 aromatic rings. The van der Waals surface area contributed by atoms with Crippen molar-refractivity contribution in [3.63, 3.8) is 0 Å². The number of carbonyl (C=O) groups is 2. The predicted molar refractivity (Wildman–Crippen MR) is 118 cm³/mol. The zero-order valence-corrected chi connectivity index (χ0v) is 17.4. The topological polar surface area (TPSA) is 84.7 Å². The standard InChI is InChI=1S/C22H27N3O3S/c1-2-16-28-19-10-8-18(9-11-19)21(27)24-22(29)25(15-13-20(23)26)14-12-17-6-4-3-5-7-17/h3-11H,2,12-16H2,1H3,(H2,23,26)(H,24,27,29). The summed E-state index contributed by atoms with van der Waals surface area (Å²) in [6, 6.07) is 16.8. The Balaban J connectivity index is 1.97. The third-order valence-electron chi connectivity index (χ3n) is 4.24. The minimum atomic E-state index is -0.411. The monoisotopic (exact) mass is 413 g/mol. The predicted octanol–water partition coefficient (Wildman–Crippen LogP) is 2.91. The fourth-order valence-electron chi connectivity index (χ4n) is 2.64. The maximum Gasteiger partial charge on any atom is 0.257 e. The molecule has 7 heteroatoms. The molecule has 0 atom stereocenters. The number of benzene rings is 2. The molecular weight excluding hydrogens is 386 g/mol. The van der Waals surface area contributed by atoms with E-state index in [4.69, 9.17) is 22.7 Å². The van der Waals surface area contributed by atoms with Crippen molar-refractivity contribution in [2.75, 3.05) is 19.7 Å². The van der Waals surface area contributed by atoms with Crippen molar-refractivity contribution in [2.45, 2.75) is 26.2 Å². The molecule has 0 saturated heterocycles. The molecule has 3 N–H and O–H groups in total. The summed E-state index contributed by atoms with van der Waals surface area (Å²) in [4.78, 5) is 25.5. The van der Waals surface area contributed by atoms with Gasteiger partial charge in [-0.05, 0) is 54.9 Å². The van der Waals surface area contributed by atoms with E-state index in [0.717, 1.165) is 24.2 Å². The number of nitrogens with zero attached hydrogens (tertiary/aromatic N) is 1. The summed E-state index contributed by atoms with van der Waals surface area (Å²) in [6.07, 6.45) is 1.81. The van der Waals surface area contributed by atoms with E-state index in [2.05, 4.69) is 5.32 Å². The number of rotatable bonds is 10. The molecule has 2 amide bonds.